The molecule has 0 spiro atoms. The molecule has 3 rings (SSSR count). The van der Waals surface area contributed by atoms with Crippen molar-refractivity contribution in [3.63, 3.8) is 0 Å². The molecular formula is C22H19Cl3FNO2. The average Bonchev–Trinajstić information content (AvgIpc) is 2.70. The molecule has 0 saturated carbocycles. The summed E-state index contributed by atoms with van der Waals surface area (Å²) in [6, 6.07) is 15.4. The first-order chi connectivity index (χ1) is 14.0. The number of nitrogens with one attached hydrogen (secondary N) is 1. The second-order valence-corrected chi connectivity index (χ2v) is 7.47. The second-order valence-electron chi connectivity index (χ2n) is 6.22. The van der Waals surface area contributed by atoms with Gasteiger partial charge in [-0.15, -0.1) is 0 Å². The Morgan fingerprint density at radius 2 is 1.59 bits per heavy atom. The molecule has 0 radical (unpaired) electrons. The normalized spacial score (nSPS) is 10.7. The zero-order valence-electron chi connectivity index (χ0n) is 15.6. The second kappa shape index (κ2) is 10.1. The maximum Gasteiger partial charge on any atom is 0.163 e. The van der Waals surface area contributed by atoms with Gasteiger partial charge in [0.15, 0.2) is 11.5 Å². The van der Waals surface area contributed by atoms with Crippen LogP contribution in [0.4, 0.5) is 10.1 Å². The molecule has 0 atom stereocenters. The highest BCUT2D eigenvalue weighted by Gasteiger charge is 2.12. The summed E-state index contributed by atoms with van der Waals surface area (Å²) in [6.45, 7) is 3.16. The molecule has 0 aliphatic rings. The number of rotatable bonds is 8. The molecule has 0 heterocycles. The highest BCUT2D eigenvalue weighted by atomic mass is 35.5. The van der Waals surface area contributed by atoms with Gasteiger partial charge in [0.05, 0.1) is 11.6 Å². The molecule has 1 N–H and O–H groups in total. The molecule has 3 nitrogen and oxygen atoms in total. The van der Waals surface area contributed by atoms with Crippen LogP contribution in [-0.2, 0) is 13.2 Å². The van der Waals surface area contributed by atoms with Crippen LogP contribution in [-0.4, -0.2) is 6.61 Å². The van der Waals surface area contributed by atoms with Gasteiger partial charge in [0.2, 0.25) is 0 Å². The molecule has 152 valence electrons. The Balaban J connectivity index is 1.74. The van der Waals surface area contributed by atoms with Crippen LogP contribution in [0, 0.1) is 5.82 Å². The molecule has 3 aromatic carbocycles. The van der Waals surface area contributed by atoms with Crippen LogP contribution in [0.3, 0.4) is 0 Å². The highest BCUT2D eigenvalue weighted by molar-refractivity contribution is 6.31. The van der Waals surface area contributed by atoms with E-state index in [-0.39, 0.29) is 5.02 Å². The fraction of sp³-hybridized carbons (Fsp3) is 0.182. The van der Waals surface area contributed by atoms with Gasteiger partial charge in [0, 0.05) is 28.3 Å². The quantitative estimate of drug-likeness (QED) is 0.385. The van der Waals surface area contributed by atoms with Crippen molar-refractivity contribution in [2.75, 3.05) is 11.9 Å². The predicted molar refractivity (Wildman–Crippen MR) is 117 cm³/mol. The number of benzene rings is 3. The molecule has 0 amide bonds. The Hall–Kier alpha value is -2.14. The summed E-state index contributed by atoms with van der Waals surface area (Å²) in [4.78, 5) is 0. The summed E-state index contributed by atoms with van der Waals surface area (Å²) in [6.07, 6.45) is 0. The monoisotopic (exact) mass is 453 g/mol. The molecule has 0 unspecified atom stereocenters. The van der Waals surface area contributed by atoms with E-state index in [0.29, 0.717) is 47.0 Å². The molecule has 0 fully saturated rings. The maximum absolute atomic E-state index is 13.3. The van der Waals surface area contributed by atoms with E-state index in [2.05, 4.69) is 5.32 Å². The van der Waals surface area contributed by atoms with E-state index in [0.717, 1.165) is 11.1 Å². The molecule has 0 aliphatic heterocycles. The van der Waals surface area contributed by atoms with E-state index < -0.39 is 5.82 Å². The molecule has 0 aromatic heterocycles. The third kappa shape index (κ3) is 5.92. The number of hydrogen-bond acceptors (Lipinski definition) is 3. The van der Waals surface area contributed by atoms with Gasteiger partial charge in [-0.1, -0.05) is 46.9 Å². The van der Waals surface area contributed by atoms with E-state index in [9.17, 15) is 4.39 Å². The van der Waals surface area contributed by atoms with Gasteiger partial charge in [-0.25, -0.2) is 4.39 Å². The minimum absolute atomic E-state index is 0.0575. The van der Waals surface area contributed by atoms with Gasteiger partial charge in [-0.2, -0.15) is 0 Å². The van der Waals surface area contributed by atoms with Crippen molar-refractivity contribution in [3.05, 3.63) is 86.6 Å². The lowest BCUT2D eigenvalue weighted by Crippen LogP contribution is -2.04. The third-order valence-corrected chi connectivity index (χ3v) is 5.02. The van der Waals surface area contributed by atoms with Gasteiger partial charge in [0.1, 0.15) is 12.4 Å². The number of ether oxygens (including phenoxy) is 2. The zero-order valence-corrected chi connectivity index (χ0v) is 17.9. The van der Waals surface area contributed by atoms with Crippen LogP contribution in [0.15, 0.2) is 54.6 Å². The van der Waals surface area contributed by atoms with Crippen LogP contribution >= 0.6 is 34.8 Å². The van der Waals surface area contributed by atoms with Crippen molar-refractivity contribution in [2.45, 2.75) is 20.1 Å². The Bertz CT molecular complexity index is 981. The minimum atomic E-state index is -0.462. The van der Waals surface area contributed by atoms with Crippen molar-refractivity contribution in [3.8, 4) is 11.5 Å². The smallest absolute Gasteiger partial charge is 0.163 e. The van der Waals surface area contributed by atoms with Crippen molar-refractivity contribution in [2.24, 2.45) is 0 Å². The lowest BCUT2D eigenvalue weighted by molar-refractivity contribution is 0.269. The Morgan fingerprint density at radius 1 is 0.862 bits per heavy atom. The predicted octanol–water partition coefficient (Wildman–Crippen LogP) is 7.38. The van der Waals surface area contributed by atoms with E-state index in [1.807, 2.05) is 37.3 Å². The van der Waals surface area contributed by atoms with Gasteiger partial charge < -0.3 is 14.8 Å². The molecular weight excluding hydrogens is 436 g/mol. The number of halogens is 4. The molecule has 3 aromatic rings. The SMILES string of the molecule is CCOc1cc(CNc2ccc(F)c(Cl)c2)c(Cl)cc1OCc1ccc(Cl)cc1. The van der Waals surface area contributed by atoms with Crippen LogP contribution < -0.4 is 14.8 Å². The third-order valence-electron chi connectivity index (χ3n) is 4.12. The Kier molecular flexibility index (Phi) is 7.48. The van der Waals surface area contributed by atoms with Crippen molar-refractivity contribution in [1.29, 1.82) is 0 Å². The minimum Gasteiger partial charge on any atom is -0.490 e. The van der Waals surface area contributed by atoms with E-state index >= 15 is 0 Å². The topological polar surface area (TPSA) is 30.5 Å². The fourth-order valence-corrected chi connectivity index (χ4v) is 3.17. The first-order valence-corrected chi connectivity index (χ1v) is 10.1. The summed E-state index contributed by atoms with van der Waals surface area (Å²) in [5.74, 6) is 0.691. The molecule has 7 heteroatoms. The molecule has 0 saturated heterocycles. The lowest BCUT2D eigenvalue weighted by Gasteiger charge is -2.16. The van der Waals surface area contributed by atoms with Crippen LogP contribution in [0.5, 0.6) is 11.5 Å². The Morgan fingerprint density at radius 3 is 2.28 bits per heavy atom. The van der Waals surface area contributed by atoms with Gasteiger partial charge >= 0.3 is 0 Å². The van der Waals surface area contributed by atoms with Gasteiger partial charge in [0.25, 0.3) is 0 Å². The summed E-state index contributed by atoms with van der Waals surface area (Å²) < 4.78 is 24.9. The summed E-state index contributed by atoms with van der Waals surface area (Å²) >= 11 is 18.2. The summed E-state index contributed by atoms with van der Waals surface area (Å²) in [7, 11) is 0. The highest BCUT2D eigenvalue weighted by Crippen LogP contribution is 2.35. The molecule has 29 heavy (non-hydrogen) atoms. The summed E-state index contributed by atoms with van der Waals surface area (Å²) in [5.41, 5.74) is 2.48. The first-order valence-electron chi connectivity index (χ1n) is 8.97. The molecule has 0 bridgehead atoms. The maximum atomic E-state index is 13.3. The largest absolute Gasteiger partial charge is 0.490 e. The first kappa shape index (κ1) is 21.6. The van der Waals surface area contributed by atoms with Gasteiger partial charge in [-0.05, 0) is 54.4 Å². The molecule has 0 aliphatic carbocycles. The van der Waals surface area contributed by atoms with Crippen molar-refractivity contribution < 1.29 is 13.9 Å². The van der Waals surface area contributed by atoms with Gasteiger partial charge in [-0.3, -0.25) is 0 Å². The van der Waals surface area contributed by atoms with Crippen molar-refractivity contribution >= 4 is 40.5 Å². The Labute approximate surface area is 184 Å². The van der Waals surface area contributed by atoms with Crippen LogP contribution in [0.25, 0.3) is 0 Å². The number of hydrogen-bond donors (Lipinski definition) is 1. The standard InChI is InChI=1S/C22H19Cl3FNO2/c1-2-28-21-9-15(12-27-17-7-8-20(26)19(25)10-17)18(24)11-22(21)29-13-14-3-5-16(23)6-4-14/h3-11,27H,2,12-13H2,1H3. The van der Waals surface area contributed by atoms with E-state index in [1.165, 1.54) is 12.1 Å². The van der Waals surface area contributed by atoms with Crippen LogP contribution in [0.1, 0.15) is 18.1 Å². The van der Waals surface area contributed by atoms with E-state index in [4.69, 9.17) is 44.3 Å². The van der Waals surface area contributed by atoms with E-state index in [1.54, 1.807) is 12.1 Å². The average molecular weight is 455 g/mol. The lowest BCUT2D eigenvalue weighted by atomic mass is 10.2. The zero-order chi connectivity index (χ0) is 20.8. The number of anilines is 1. The fourth-order valence-electron chi connectivity index (χ4n) is 2.64. The van der Waals surface area contributed by atoms with Crippen molar-refractivity contribution in [1.82, 2.24) is 0 Å². The van der Waals surface area contributed by atoms with Crippen LogP contribution in [0.2, 0.25) is 15.1 Å². The summed E-state index contributed by atoms with van der Waals surface area (Å²) in [5, 5.41) is 4.44.